The SMILES string of the molecule is CCCC1NC(CCC)N(CCOC)C1=O. The summed E-state index contributed by atoms with van der Waals surface area (Å²) >= 11 is 0. The highest BCUT2D eigenvalue weighted by Gasteiger charge is 2.36. The molecule has 0 aromatic rings. The summed E-state index contributed by atoms with van der Waals surface area (Å²) in [6.45, 7) is 5.58. The molecule has 0 aromatic carbocycles. The van der Waals surface area contributed by atoms with Crippen LogP contribution < -0.4 is 5.32 Å². The van der Waals surface area contributed by atoms with Gasteiger partial charge in [0.25, 0.3) is 0 Å². The lowest BCUT2D eigenvalue weighted by atomic mass is 10.2. The molecular weight excluding hydrogens is 204 g/mol. The number of carbonyl (C=O) groups excluding carboxylic acids is 1. The van der Waals surface area contributed by atoms with Gasteiger partial charge in [0, 0.05) is 13.7 Å². The Balaban J connectivity index is 2.57. The molecule has 4 heteroatoms. The molecule has 2 atom stereocenters. The molecule has 94 valence electrons. The first-order chi connectivity index (χ1) is 7.74. The van der Waals surface area contributed by atoms with Crippen LogP contribution in [0.1, 0.15) is 39.5 Å². The third-order valence-corrected chi connectivity index (χ3v) is 3.03. The zero-order valence-corrected chi connectivity index (χ0v) is 10.7. The lowest BCUT2D eigenvalue weighted by molar-refractivity contribution is -0.130. The van der Waals surface area contributed by atoms with E-state index in [0.29, 0.717) is 13.2 Å². The van der Waals surface area contributed by atoms with Crippen LogP contribution in [0.5, 0.6) is 0 Å². The van der Waals surface area contributed by atoms with Crippen molar-refractivity contribution in [1.82, 2.24) is 10.2 Å². The van der Waals surface area contributed by atoms with Gasteiger partial charge in [0.2, 0.25) is 5.91 Å². The fourth-order valence-corrected chi connectivity index (χ4v) is 2.21. The zero-order chi connectivity index (χ0) is 12.0. The highest BCUT2D eigenvalue weighted by Crippen LogP contribution is 2.17. The van der Waals surface area contributed by atoms with Gasteiger partial charge in [-0.05, 0) is 12.8 Å². The molecule has 0 saturated carbocycles. The number of amides is 1. The van der Waals surface area contributed by atoms with Gasteiger partial charge in [-0.25, -0.2) is 0 Å². The van der Waals surface area contributed by atoms with E-state index in [0.717, 1.165) is 25.7 Å². The van der Waals surface area contributed by atoms with Crippen molar-refractivity contribution in [3.63, 3.8) is 0 Å². The Morgan fingerprint density at radius 3 is 2.56 bits per heavy atom. The normalized spacial score (nSPS) is 25.4. The number of nitrogens with one attached hydrogen (secondary N) is 1. The van der Waals surface area contributed by atoms with Crippen LogP contribution in [0.3, 0.4) is 0 Å². The summed E-state index contributed by atoms with van der Waals surface area (Å²) in [4.78, 5) is 14.0. The van der Waals surface area contributed by atoms with Gasteiger partial charge in [0.1, 0.15) is 0 Å². The standard InChI is InChI=1S/C12H24N2O2/c1-4-6-10-12(15)14(8-9-16-3)11(13-10)7-5-2/h10-11,13H,4-9H2,1-3H3. The fourth-order valence-electron chi connectivity index (χ4n) is 2.21. The molecule has 0 aromatic heterocycles. The molecule has 0 radical (unpaired) electrons. The average Bonchev–Trinajstić information content (AvgIpc) is 2.55. The zero-order valence-electron chi connectivity index (χ0n) is 10.7. The van der Waals surface area contributed by atoms with Crippen molar-refractivity contribution in [3.05, 3.63) is 0 Å². The fraction of sp³-hybridized carbons (Fsp3) is 0.917. The quantitative estimate of drug-likeness (QED) is 0.715. The molecule has 0 aliphatic carbocycles. The number of hydrogen-bond donors (Lipinski definition) is 1. The Morgan fingerprint density at radius 2 is 2.00 bits per heavy atom. The maximum Gasteiger partial charge on any atom is 0.241 e. The van der Waals surface area contributed by atoms with Crippen LogP contribution in [0.2, 0.25) is 0 Å². The Kier molecular flexibility index (Phi) is 5.77. The van der Waals surface area contributed by atoms with Crippen LogP contribution in [-0.2, 0) is 9.53 Å². The molecule has 1 rings (SSSR count). The second-order valence-electron chi connectivity index (χ2n) is 4.34. The van der Waals surface area contributed by atoms with E-state index in [2.05, 4.69) is 19.2 Å². The number of hydrogen-bond acceptors (Lipinski definition) is 3. The smallest absolute Gasteiger partial charge is 0.241 e. The summed E-state index contributed by atoms with van der Waals surface area (Å²) in [6, 6.07) is 0.0263. The molecule has 1 fully saturated rings. The molecule has 4 nitrogen and oxygen atoms in total. The van der Waals surface area contributed by atoms with E-state index in [1.54, 1.807) is 7.11 Å². The molecular formula is C12H24N2O2. The minimum absolute atomic E-state index is 0.0263. The van der Waals surface area contributed by atoms with Crippen LogP contribution in [0.15, 0.2) is 0 Å². The van der Waals surface area contributed by atoms with Gasteiger partial charge in [-0.2, -0.15) is 0 Å². The van der Waals surface area contributed by atoms with Crippen molar-refractivity contribution < 1.29 is 9.53 Å². The second-order valence-corrected chi connectivity index (χ2v) is 4.34. The Hall–Kier alpha value is -0.610. The summed E-state index contributed by atoms with van der Waals surface area (Å²) in [5, 5.41) is 3.42. The van der Waals surface area contributed by atoms with Crippen molar-refractivity contribution in [2.75, 3.05) is 20.3 Å². The van der Waals surface area contributed by atoms with Gasteiger partial charge < -0.3 is 9.64 Å². The van der Waals surface area contributed by atoms with E-state index in [1.807, 2.05) is 4.90 Å². The lowest BCUT2D eigenvalue weighted by Gasteiger charge is -2.23. The van der Waals surface area contributed by atoms with Crippen molar-refractivity contribution in [3.8, 4) is 0 Å². The predicted molar refractivity (Wildman–Crippen MR) is 64.1 cm³/mol. The van der Waals surface area contributed by atoms with Crippen LogP contribution >= 0.6 is 0 Å². The summed E-state index contributed by atoms with van der Waals surface area (Å²) in [5.74, 6) is 0.248. The van der Waals surface area contributed by atoms with E-state index >= 15 is 0 Å². The largest absolute Gasteiger partial charge is 0.383 e. The van der Waals surface area contributed by atoms with E-state index in [1.165, 1.54) is 0 Å². The molecule has 1 aliphatic heterocycles. The van der Waals surface area contributed by atoms with Gasteiger partial charge in [0.05, 0.1) is 18.8 Å². The molecule has 1 saturated heterocycles. The number of methoxy groups -OCH3 is 1. The number of ether oxygens (including phenoxy) is 1. The van der Waals surface area contributed by atoms with Gasteiger partial charge in [-0.1, -0.05) is 26.7 Å². The number of carbonyl (C=O) groups is 1. The average molecular weight is 228 g/mol. The van der Waals surface area contributed by atoms with E-state index in [9.17, 15) is 4.79 Å². The highest BCUT2D eigenvalue weighted by molar-refractivity contribution is 5.84. The second kappa shape index (κ2) is 6.86. The Labute approximate surface area is 98.3 Å². The van der Waals surface area contributed by atoms with Crippen LogP contribution in [0.4, 0.5) is 0 Å². The predicted octanol–water partition coefficient (Wildman–Crippen LogP) is 1.36. The Bertz CT molecular complexity index is 221. The van der Waals surface area contributed by atoms with E-state index in [4.69, 9.17) is 4.74 Å². The molecule has 1 aliphatic rings. The number of rotatable bonds is 7. The molecule has 1 heterocycles. The minimum Gasteiger partial charge on any atom is -0.383 e. The van der Waals surface area contributed by atoms with Crippen molar-refractivity contribution >= 4 is 5.91 Å². The van der Waals surface area contributed by atoms with Crippen LogP contribution in [-0.4, -0.2) is 43.3 Å². The van der Waals surface area contributed by atoms with Crippen molar-refractivity contribution in [2.24, 2.45) is 0 Å². The molecule has 1 amide bonds. The maximum absolute atomic E-state index is 12.1. The molecule has 2 unspecified atom stereocenters. The monoisotopic (exact) mass is 228 g/mol. The van der Waals surface area contributed by atoms with Crippen LogP contribution in [0, 0.1) is 0 Å². The van der Waals surface area contributed by atoms with Gasteiger partial charge in [-0.3, -0.25) is 10.1 Å². The van der Waals surface area contributed by atoms with E-state index in [-0.39, 0.29) is 18.1 Å². The molecule has 0 spiro atoms. The number of nitrogens with zero attached hydrogens (tertiary/aromatic N) is 1. The highest BCUT2D eigenvalue weighted by atomic mass is 16.5. The summed E-state index contributed by atoms with van der Waals surface area (Å²) in [7, 11) is 1.67. The topological polar surface area (TPSA) is 41.6 Å². The first kappa shape index (κ1) is 13.5. The lowest BCUT2D eigenvalue weighted by Crippen LogP contribution is -2.39. The van der Waals surface area contributed by atoms with Crippen molar-refractivity contribution in [2.45, 2.75) is 51.7 Å². The maximum atomic E-state index is 12.1. The van der Waals surface area contributed by atoms with E-state index < -0.39 is 0 Å². The molecule has 16 heavy (non-hydrogen) atoms. The van der Waals surface area contributed by atoms with Gasteiger partial charge >= 0.3 is 0 Å². The third kappa shape index (κ3) is 3.19. The van der Waals surface area contributed by atoms with Gasteiger partial charge in [0.15, 0.2) is 0 Å². The van der Waals surface area contributed by atoms with Crippen molar-refractivity contribution in [1.29, 1.82) is 0 Å². The van der Waals surface area contributed by atoms with Gasteiger partial charge in [-0.15, -0.1) is 0 Å². The van der Waals surface area contributed by atoms with Crippen LogP contribution in [0.25, 0.3) is 0 Å². The third-order valence-electron chi connectivity index (χ3n) is 3.03. The minimum atomic E-state index is 0.0263. The first-order valence-corrected chi connectivity index (χ1v) is 6.30. The first-order valence-electron chi connectivity index (χ1n) is 6.30. The Morgan fingerprint density at radius 1 is 1.31 bits per heavy atom. The molecule has 1 N–H and O–H groups in total. The summed E-state index contributed by atoms with van der Waals surface area (Å²) < 4.78 is 5.05. The summed E-state index contributed by atoms with van der Waals surface area (Å²) in [6.07, 6.45) is 4.30. The molecule has 0 bridgehead atoms. The summed E-state index contributed by atoms with van der Waals surface area (Å²) in [5.41, 5.74) is 0.